The van der Waals surface area contributed by atoms with Crippen LogP contribution in [-0.4, -0.2) is 0 Å². The van der Waals surface area contributed by atoms with Gasteiger partial charge in [0.15, 0.2) is 0 Å². The fourth-order valence-electron chi connectivity index (χ4n) is 6.62. The Bertz CT molecular complexity index is 490. The highest BCUT2D eigenvalue weighted by molar-refractivity contribution is 5.26. The molecule has 4 fully saturated rings. The lowest BCUT2D eigenvalue weighted by Gasteiger charge is -2.45. The maximum Gasteiger partial charge on any atom is -0.0169 e. The van der Waals surface area contributed by atoms with E-state index in [1.807, 2.05) is 5.57 Å². The first-order valence-corrected chi connectivity index (χ1v) is 12.3. The van der Waals surface area contributed by atoms with Crippen LogP contribution in [0.3, 0.4) is 0 Å². The molecule has 2 unspecified atom stereocenters. The second kappa shape index (κ2) is 9.61. The van der Waals surface area contributed by atoms with Crippen molar-refractivity contribution in [2.24, 2.45) is 23.7 Å². The predicted molar refractivity (Wildman–Crippen MR) is 113 cm³/mol. The van der Waals surface area contributed by atoms with Crippen LogP contribution < -0.4 is 0 Å². The van der Waals surface area contributed by atoms with Crippen molar-refractivity contribution in [3.63, 3.8) is 0 Å². The van der Waals surface area contributed by atoms with Gasteiger partial charge in [0, 0.05) is 0 Å². The lowest BCUT2D eigenvalue weighted by molar-refractivity contribution is 0.0738. The Morgan fingerprint density at radius 2 is 1.27 bits per heavy atom. The van der Waals surface area contributed by atoms with Crippen LogP contribution in [0.25, 0.3) is 0 Å². The normalized spacial score (nSPS) is 37.2. The van der Waals surface area contributed by atoms with Gasteiger partial charge in [-0.15, -0.1) is 0 Å². The number of hydrogen-bond acceptors (Lipinski definition) is 0. The topological polar surface area (TPSA) is 0 Å². The highest BCUT2D eigenvalue weighted by atomic mass is 14.4. The van der Waals surface area contributed by atoms with Gasteiger partial charge in [0.2, 0.25) is 0 Å². The fraction of sp³-hybridized carbons (Fsp3) is 0.846. The third kappa shape index (κ3) is 4.85. The lowest BCUT2D eigenvalue weighted by Crippen LogP contribution is -2.35. The zero-order valence-electron chi connectivity index (χ0n) is 17.2. The summed E-state index contributed by atoms with van der Waals surface area (Å²) in [6.07, 6.45) is 31.9. The summed E-state index contributed by atoms with van der Waals surface area (Å²) in [4.78, 5) is 0. The maximum absolute atomic E-state index is 2.60. The molecule has 0 nitrogen and oxygen atoms in total. The first-order valence-electron chi connectivity index (χ1n) is 12.3. The molecule has 6 aliphatic carbocycles. The molecule has 146 valence electrons. The molecule has 0 N–H and O–H groups in total. The zero-order chi connectivity index (χ0) is 17.6. The van der Waals surface area contributed by atoms with E-state index in [0.29, 0.717) is 0 Å². The lowest BCUT2D eigenvalue weighted by atomic mass is 9.60. The molecule has 6 aliphatic rings. The summed E-state index contributed by atoms with van der Waals surface area (Å²) in [7, 11) is 0. The molecule has 0 aromatic rings. The van der Waals surface area contributed by atoms with Crippen LogP contribution in [0.1, 0.15) is 116 Å². The molecule has 0 heterocycles. The third-order valence-corrected chi connectivity index (χ3v) is 8.30. The summed E-state index contributed by atoms with van der Waals surface area (Å²) in [5, 5.41) is 0. The maximum atomic E-state index is 2.60. The summed E-state index contributed by atoms with van der Waals surface area (Å²) in [5.74, 6) is 4.12. The second-order valence-corrected chi connectivity index (χ2v) is 10.1. The highest BCUT2D eigenvalue weighted by Crippen LogP contribution is 2.49. The van der Waals surface area contributed by atoms with Crippen LogP contribution in [0.4, 0.5) is 0 Å². The minimum atomic E-state index is 0.930. The third-order valence-electron chi connectivity index (χ3n) is 8.30. The molecule has 0 spiro atoms. The Kier molecular flexibility index (Phi) is 6.96. The van der Waals surface area contributed by atoms with E-state index in [4.69, 9.17) is 0 Å². The molecule has 0 aliphatic heterocycles. The van der Waals surface area contributed by atoms with E-state index in [1.54, 1.807) is 24.8 Å². The van der Waals surface area contributed by atoms with Crippen molar-refractivity contribution in [2.75, 3.05) is 0 Å². The predicted octanol–water partition coefficient (Wildman–Crippen LogP) is 8.38. The molecule has 0 heteroatoms. The largest absolute Gasteiger partial charge is 0.0699 e. The quantitative estimate of drug-likeness (QED) is 0.443. The van der Waals surface area contributed by atoms with Gasteiger partial charge < -0.3 is 0 Å². The van der Waals surface area contributed by atoms with Crippen molar-refractivity contribution in [3.8, 4) is 0 Å². The highest BCUT2D eigenvalue weighted by Gasteiger charge is 2.39. The first-order chi connectivity index (χ1) is 12.9. The van der Waals surface area contributed by atoms with Crippen LogP contribution >= 0.6 is 0 Å². The molecule has 4 bridgehead atoms. The van der Waals surface area contributed by atoms with Gasteiger partial charge >= 0.3 is 0 Å². The first kappa shape index (κ1) is 18.8. The Hall–Kier alpha value is -0.520. The average molecular weight is 355 g/mol. The van der Waals surface area contributed by atoms with Gasteiger partial charge in [-0.1, -0.05) is 87.5 Å². The van der Waals surface area contributed by atoms with Crippen LogP contribution in [0.15, 0.2) is 23.3 Å². The standard InChI is InChI=1S/C26H42/c1-2-4-9-14-26(24-19-22(20-24)12-8-3-1)25-13-10-6-5-7-11-21-15-17-23(25)18-16-21/h15,17,22,24-26H,1-14,16,18-20H2. The summed E-state index contributed by atoms with van der Waals surface area (Å²) in [6.45, 7) is 0. The van der Waals surface area contributed by atoms with Crippen LogP contribution in [-0.2, 0) is 0 Å². The van der Waals surface area contributed by atoms with Crippen molar-refractivity contribution in [2.45, 2.75) is 116 Å². The molecule has 0 amide bonds. The van der Waals surface area contributed by atoms with E-state index < -0.39 is 0 Å². The SMILES string of the molecule is C1=C2CCCCCCC(C3CCCCCCCCC4CC3C4)C(=C1)CC2. The van der Waals surface area contributed by atoms with Gasteiger partial charge in [-0.3, -0.25) is 0 Å². The van der Waals surface area contributed by atoms with E-state index in [9.17, 15) is 0 Å². The fourth-order valence-corrected chi connectivity index (χ4v) is 6.62. The minimum Gasteiger partial charge on any atom is -0.0699 e. The molecular formula is C26H42. The number of allylic oxidation sites excluding steroid dienone is 4. The molecular weight excluding hydrogens is 312 g/mol. The molecule has 0 saturated heterocycles. The Morgan fingerprint density at radius 3 is 2.04 bits per heavy atom. The van der Waals surface area contributed by atoms with Gasteiger partial charge in [-0.25, -0.2) is 0 Å². The summed E-state index contributed by atoms with van der Waals surface area (Å²) in [6, 6.07) is 0. The second-order valence-electron chi connectivity index (χ2n) is 10.1. The molecule has 0 aromatic heterocycles. The number of fused-ring (bicyclic) bond motifs is 17. The summed E-state index contributed by atoms with van der Waals surface area (Å²) < 4.78 is 0. The van der Waals surface area contributed by atoms with Gasteiger partial charge in [-0.05, 0) is 75.0 Å². The van der Waals surface area contributed by atoms with Crippen molar-refractivity contribution >= 4 is 0 Å². The average Bonchev–Trinajstić information content (AvgIpc) is 2.68. The van der Waals surface area contributed by atoms with Gasteiger partial charge in [0.05, 0.1) is 0 Å². The van der Waals surface area contributed by atoms with Gasteiger partial charge in [0.25, 0.3) is 0 Å². The van der Waals surface area contributed by atoms with Crippen LogP contribution in [0, 0.1) is 23.7 Å². The van der Waals surface area contributed by atoms with E-state index in [1.165, 1.54) is 96.3 Å². The van der Waals surface area contributed by atoms with E-state index >= 15 is 0 Å². The van der Waals surface area contributed by atoms with Crippen molar-refractivity contribution < 1.29 is 0 Å². The Balaban J connectivity index is 1.48. The smallest absolute Gasteiger partial charge is 0.0169 e. The molecule has 0 radical (unpaired) electrons. The van der Waals surface area contributed by atoms with Crippen LogP contribution in [0.5, 0.6) is 0 Å². The Morgan fingerprint density at radius 1 is 0.577 bits per heavy atom. The van der Waals surface area contributed by atoms with Gasteiger partial charge in [-0.2, -0.15) is 0 Å². The molecule has 2 atom stereocenters. The van der Waals surface area contributed by atoms with Crippen molar-refractivity contribution in [1.29, 1.82) is 0 Å². The van der Waals surface area contributed by atoms with E-state index in [-0.39, 0.29) is 0 Å². The molecule has 26 heavy (non-hydrogen) atoms. The molecule has 6 rings (SSSR count). The Labute approximate surface area is 162 Å². The van der Waals surface area contributed by atoms with Crippen molar-refractivity contribution in [1.82, 2.24) is 0 Å². The van der Waals surface area contributed by atoms with E-state index in [0.717, 1.165) is 23.7 Å². The molecule has 0 aromatic carbocycles. The summed E-state index contributed by atoms with van der Waals surface area (Å²) >= 11 is 0. The van der Waals surface area contributed by atoms with Crippen LogP contribution in [0.2, 0.25) is 0 Å². The van der Waals surface area contributed by atoms with Gasteiger partial charge in [0.1, 0.15) is 0 Å². The van der Waals surface area contributed by atoms with Crippen molar-refractivity contribution in [3.05, 3.63) is 23.3 Å². The van der Waals surface area contributed by atoms with E-state index in [2.05, 4.69) is 12.2 Å². The number of rotatable bonds is 1. The molecule has 4 saturated carbocycles. The zero-order valence-corrected chi connectivity index (χ0v) is 17.2. The minimum absolute atomic E-state index is 0.930. The number of hydrogen-bond donors (Lipinski definition) is 0. The summed E-state index contributed by atoms with van der Waals surface area (Å²) in [5.41, 5.74) is 3.60. The monoisotopic (exact) mass is 354 g/mol.